The van der Waals surface area contributed by atoms with E-state index in [-0.39, 0.29) is 86.1 Å². The minimum absolute atomic E-state index is 0. The summed E-state index contributed by atoms with van der Waals surface area (Å²) in [5.74, 6) is -3.32. The minimum atomic E-state index is -2.77. The third-order valence-corrected chi connectivity index (χ3v) is 8.33. The van der Waals surface area contributed by atoms with Crippen molar-refractivity contribution in [3.8, 4) is 0 Å². The number of hydrogen-bond acceptors (Lipinski definition) is 7. The van der Waals surface area contributed by atoms with E-state index < -0.39 is 23.7 Å². The summed E-state index contributed by atoms with van der Waals surface area (Å²) in [4.78, 5) is 34.6. The Morgan fingerprint density at radius 1 is 0.625 bits per heavy atom. The number of halogens is 2. The maximum atomic E-state index is 12.4. The average Bonchev–Trinajstić information content (AvgIpc) is 3.46. The first-order chi connectivity index (χ1) is 19.3. The lowest BCUT2D eigenvalue weighted by Gasteiger charge is -2.27. The van der Waals surface area contributed by atoms with Crippen molar-refractivity contribution in [2.75, 3.05) is 19.8 Å². The van der Waals surface area contributed by atoms with Crippen LogP contribution in [0.15, 0.2) is 0 Å². The molecule has 7 nitrogen and oxygen atoms in total. The summed E-state index contributed by atoms with van der Waals surface area (Å²) in [6.07, 6.45) is 10.1. The van der Waals surface area contributed by atoms with Crippen LogP contribution < -0.4 is 0 Å². The Labute approximate surface area is 298 Å². The molecule has 0 spiro atoms. The van der Waals surface area contributed by atoms with Crippen molar-refractivity contribution in [2.45, 2.75) is 203 Å². The standard InChI is InChI=1S/C12H22O2.C11H20O3.C10H18F2O2.6CH4/c1-4-12(2,3)11(13)14-10-8-6-5-7-9-10;1-4-11(2,3)10(12)14-8-9-6-5-7-13-9;1-5-9(2,3)8(13)14-7-6-10(4,11)12;;;;;;/h10H,4-9H2,1-3H3;9H,4-8H2,1-3H3;5-7H2,1-4H3;6*1H4. The minimum Gasteiger partial charge on any atom is -0.465 e. The van der Waals surface area contributed by atoms with E-state index in [1.807, 2.05) is 48.5 Å². The molecule has 0 bridgehead atoms. The molecule has 1 saturated heterocycles. The van der Waals surface area contributed by atoms with Gasteiger partial charge in [0.05, 0.1) is 29.0 Å². The summed E-state index contributed by atoms with van der Waals surface area (Å²) in [6, 6.07) is 0. The molecule has 1 unspecified atom stereocenters. The molecule has 296 valence electrons. The predicted molar refractivity (Wildman–Crippen MR) is 202 cm³/mol. The van der Waals surface area contributed by atoms with Crippen LogP contribution in [-0.4, -0.2) is 55.9 Å². The van der Waals surface area contributed by atoms with Gasteiger partial charge in [-0.25, -0.2) is 8.78 Å². The van der Waals surface area contributed by atoms with Crippen LogP contribution in [0.2, 0.25) is 0 Å². The third-order valence-electron chi connectivity index (χ3n) is 8.33. The molecule has 2 rings (SSSR count). The number of esters is 3. The SMILES string of the molecule is C.C.C.C.C.C.CCC(C)(C)C(=O)OC1CCCCC1.CCC(C)(C)C(=O)OCC1CCCO1.CCC(C)(C)C(=O)OCCC(C)(F)F. The summed E-state index contributed by atoms with van der Waals surface area (Å²) in [6.45, 7) is 18.9. The molecule has 2 aliphatic rings. The molecule has 0 radical (unpaired) electrons. The van der Waals surface area contributed by atoms with Crippen molar-refractivity contribution in [1.29, 1.82) is 0 Å². The van der Waals surface area contributed by atoms with Crippen LogP contribution in [0.5, 0.6) is 0 Å². The van der Waals surface area contributed by atoms with Gasteiger partial charge in [0.15, 0.2) is 0 Å². The number of hydrogen-bond donors (Lipinski definition) is 0. The second-order valence-electron chi connectivity index (χ2n) is 13.6. The first-order valence-corrected chi connectivity index (χ1v) is 15.9. The Balaban J connectivity index is -0.0000000989. The monoisotopic (exact) mass is 703 g/mol. The Kier molecular flexibility index (Phi) is 37.1. The van der Waals surface area contributed by atoms with Gasteiger partial charge in [-0.3, -0.25) is 14.4 Å². The molecule has 0 aromatic heterocycles. The van der Waals surface area contributed by atoms with E-state index in [9.17, 15) is 23.2 Å². The molecule has 1 atom stereocenters. The maximum Gasteiger partial charge on any atom is 0.311 e. The lowest BCUT2D eigenvalue weighted by atomic mass is 9.90. The van der Waals surface area contributed by atoms with Crippen LogP contribution in [0, 0.1) is 16.2 Å². The first kappa shape index (κ1) is 61.5. The van der Waals surface area contributed by atoms with Crippen molar-refractivity contribution in [3.63, 3.8) is 0 Å². The maximum absolute atomic E-state index is 12.4. The number of alkyl halides is 2. The van der Waals surface area contributed by atoms with Crippen LogP contribution in [0.4, 0.5) is 8.78 Å². The van der Waals surface area contributed by atoms with Crippen molar-refractivity contribution in [1.82, 2.24) is 0 Å². The van der Waals surface area contributed by atoms with Crippen molar-refractivity contribution >= 4 is 17.9 Å². The highest BCUT2D eigenvalue weighted by molar-refractivity contribution is 5.76. The molecular weight excluding hydrogens is 618 g/mol. The molecule has 48 heavy (non-hydrogen) atoms. The Morgan fingerprint density at radius 2 is 1.04 bits per heavy atom. The van der Waals surface area contributed by atoms with Gasteiger partial charge in [0.2, 0.25) is 5.92 Å². The largest absolute Gasteiger partial charge is 0.465 e. The fraction of sp³-hybridized carbons (Fsp3) is 0.923. The van der Waals surface area contributed by atoms with Crippen LogP contribution >= 0.6 is 0 Å². The van der Waals surface area contributed by atoms with E-state index >= 15 is 0 Å². The van der Waals surface area contributed by atoms with Gasteiger partial charge >= 0.3 is 17.9 Å². The molecule has 2 fully saturated rings. The summed E-state index contributed by atoms with van der Waals surface area (Å²) in [5.41, 5.74) is -1.25. The van der Waals surface area contributed by atoms with E-state index in [1.54, 1.807) is 13.8 Å². The quantitative estimate of drug-likeness (QED) is 0.148. The van der Waals surface area contributed by atoms with Crippen molar-refractivity contribution in [3.05, 3.63) is 0 Å². The second-order valence-corrected chi connectivity index (χ2v) is 13.6. The van der Waals surface area contributed by atoms with E-state index in [1.165, 1.54) is 19.3 Å². The zero-order chi connectivity index (χ0) is 32.6. The zero-order valence-electron chi connectivity index (χ0n) is 28.2. The van der Waals surface area contributed by atoms with Crippen molar-refractivity contribution in [2.24, 2.45) is 16.2 Å². The van der Waals surface area contributed by atoms with Gasteiger partial charge in [-0.1, -0.05) is 71.8 Å². The predicted octanol–water partition coefficient (Wildman–Crippen LogP) is 12.3. The Morgan fingerprint density at radius 3 is 1.42 bits per heavy atom. The van der Waals surface area contributed by atoms with Gasteiger partial charge in [0.25, 0.3) is 0 Å². The van der Waals surface area contributed by atoms with Crippen molar-refractivity contribution < 1.29 is 42.1 Å². The molecule has 1 heterocycles. The molecular formula is C39H84F2O7. The van der Waals surface area contributed by atoms with Gasteiger partial charge in [0.1, 0.15) is 12.7 Å². The zero-order valence-corrected chi connectivity index (χ0v) is 28.2. The van der Waals surface area contributed by atoms with Gasteiger partial charge in [0, 0.05) is 13.0 Å². The topological polar surface area (TPSA) is 88.1 Å². The third kappa shape index (κ3) is 26.1. The van der Waals surface area contributed by atoms with Crippen LogP contribution in [0.3, 0.4) is 0 Å². The Bertz CT molecular complexity index is 793. The molecule has 9 heteroatoms. The first-order valence-electron chi connectivity index (χ1n) is 15.9. The molecule has 0 aromatic carbocycles. The molecule has 0 aromatic rings. The lowest BCUT2D eigenvalue weighted by Crippen LogP contribution is -2.31. The number of ether oxygens (including phenoxy) is 4. The second kappa shape index (κ2) is 29.0. The van der Waals surface area contributed by atoms with Gasteiger partial charge in [-0.05, 0) is 106 Å². The highest BCUT2D eigenvalue weighted by atomic mass is 19.3. The van der Waals surface area contributed by atoms with Gasteiger partial charge < -0.3 is 18.9 Å². The molecule has 0 amide bonds. The van der Waals surface area contributed by atoms with E-state index in [0.717, 1.165) is 52.1 Å². The summed E-state index contributed by atoms with van der Waals surface area (Å²) < 4.78 is 45.6. The fourth-order valence-corrected chi connectivity index (χ4v) is 3.58. The fourth-order valence-electron chi connectivity index (χ4n) is 3.58. The van der Waals surface area contributed by atoms with E-state index in [4.69, 9.17) is 18.9 Å². The highest BCUT2D eigenvalue weighted by Gasteiger charge is 2.31. The molecule has 1 saturated carbocycles. The van der Waals surface area contributed by atoms with Crippen LogP contribution in [-0.2, 0) is 33.3 Å². The molecule has 0 N–H and O–H groups in total. The number of carbonyl (C=O) groups excluding carboxylic acids is 3. The van der Waals surface area contributed by atoms with Gasteiger partial charge in [-0.15, -0.1) is 0 Å². The number of rotatable bonds is 12. The normalized spacial score (nSPS) is 15.9. The Hall–Kier alpha value is -1.77. The lowest BCUT2D eigenvalue weighted by molar-refractivity contribution is -0.161. The smallest absolute Gasteiger partial charge is 0.311 e. The van der Waals surface area contributed by atoms with Crippen LogP contribution in [0.1, 0.15) is 184 Å². The van der Waals surface area contributed by atoms with Gasteiger partial charge in [-0.2, -0.15) is 0 Å². The number of carbonyl (C=O) groups is 3. The summed E-state index contributed by atoms with van der Waals surface area (Å²) in [5, 5.41) is 0. The van der Waals surface area contributed by atoms with E-state index in [2.05, 4.69) is 0 Å². The molecule has 1 aliphatic carbocycles. The van der Waals surface area contributed by atoms with Crippen LogP contribution in [0.25, 0.3) is 0 Å². The van der Waals surface area contributed by atoms with E-state index in [0.29, 0.717) is 13.0 Å². The molecule has 1 aliphatic heterocycles. The highest BCUT2D eigenvalue weighted by Crippen LogP contribution is 2.27. The average molecular weight is 703 g/mol. The summed E-state index contributed by atoms with van der Waals surface area (Å²) >= 11 is 0. The summed E-state index contributed by atoms with van der Waals surface area (Å²) in [7, 11) is 0.